The number of halogens is 1. The van der Waals surface area contributed by atoms with Gasteiger partial charge in [-0.2, -0.15) is 11.8 Å². The molecule has 4 heteroatoms. The Hall–Kier alpha value is -0.740. The van der Waals surface area contributed by atoms with Crippen LogP contribution in [0.2, 0.25) is 0 Å². The molecule has 0 radical (unpaired) electrons. The highest BCUT2D eigenvalue weighted by Crippen LogP contribution is 2.46. The molecule has 0 bridgehead atoms. The van der Waals surface area contributed by atoms with Crippen LogP contribution in [-0.4, -0.2) is 23.6 Å². The molecule has 1 unspecified atom stereocenters. The number of benzene rings is 1. The molecule has 1 aliphatic carbocycles. The third-order valence-corrected chi connectivity index (χ3v) is 5.17. The summed E-state index contributed by atoms with van der Waals surface area (Å²) in [5.41, 5.74) is 6.82. The van der Waals surface area contributed by atoms with Gasteiger partial charge >= 0.3 is 0 Å². The molecule has 0 aromatic heterocycles. The van der Waals surface area contributed by atoms with E-state index in [4.69, 9.17) is 5.73 Å². The summed E-state index contributed by atoms with van der Waals surface area (Å²) in [6.45, 7) is 0.609. The summed E-state index contributed by atoms with van der Waals surface area (Å²) in [4.78, 5) is 0. The van der Waals surface area contributed by atoms with Gasteiger partial charge in [-0.3, -0.25) is 0 Å². The van der Waals surface area contributed by atoms with Crippen LogP contribution in [-0.2, 0) is 0 Å². The highest BCUT2D eigenvalue weighted by molar-refractivity contribution is 8.00. The molecule has 0 heterocycles. The minimum absolute atomic E-state index is 0.205. The first-order valence-corrected chi connectivity index (χ1v) is 7.20. The van der Waals surface area contributed by atoms with E-state index < -0.39 is 0 Å². The van der Waals surface area contributed by atoms with Crippen molar-refractivity contribution in [1.82, 2.24) is 0 Å². The molecule has 1 aromatic carbocycles. The summed E-state index contributed by atoms with van der Waals surface area (Å²) in [5, 5.41) is 3.44. The van der Waals surface area contributed by atoms with Gasteiger partial charge in [-0.1, -0.05) is 6.42 Å². The number of hydrogen-bond donors (Lipinski definition) is 2. The molecular formula is C13H19FN2S. The van der Waals surface area contributed by atoms with Crippen LogP contribution in [0.15, 0.2) is 24.3 Å². The molecule has 17 heavy (non-hydrogen) atoms. The minimum atomic E-state index is -0.205. The highest BCUT2D eigenvalue weighted by Gasteiger charge is 2.42. The Morgan fingerprint density at radius 1 is 1.41 bits per heavy atom. The van der Waals surface area contributed by atoms with Gasteiger partial charge in [0.1, 0.15) is 5.82 Å². The first-order chi connectivity index (χ1) is 8.20. The summed E-state index contributed by atoms with van der Waals surface area (Å²) >= 11 is 1.90. The number of hydrogen-bond acceptors (Lipinski definition) is 3. The van der Waals surface area contributed by atoms with Gasteiger partial charge in [-0.25, -0.2) is 4.39 Å². The molecule has 0 spiro atoms. The summed E-state index contributed by atoms with van der Waals surface area (Å²) in [6, 6.07) is 6.75. The van der Waals surface area contributed by atoms with Crippen LogP contribution in [0.3, 0.4) is 0 Å². The van der Waals surface area contributed by atoms with E-state index in [0.717, 1.165) is 5.69 Å². The Morgan fingerprint density at radius 3 is 2.47 bits per heavy atom. The zero-order valence-corrected chi connectivity index (χ0v) is 10.9. The summed E-state index contributed by atoms with van der Waals surface area (Å²) in [6.07, 6.45) is 5.85. The van der Waals surface area contributed by atoms with Crippen LogP contribution in [0.25, 0.3) is 0 Å². The zero-order valence-electron chi connectivity index (χ0n) is 10.1. The largest absolute Gasteiger partial charge is 0.380 e. The van der Waals surface area contributed by atoms with Crippen molar-refractivity contribution in [3.05, 3.63) is 30.1 Å². The summed E-state index contributed by atoms with van der Waals surface area (Å²) < 4.78 is 13.1. The van der Waals surface area contributed by atoms with E-state index in [9.17, 15) is 4.39 Å². The fourth-order valence-electron chi connectivity index (χ4n) is 2.37. The highest BCUT2D eigenvalue weighted by atomic mass is 32.2. The quantitative estimate of drug-likeness (QED) is 0.848. The van der Waals surface area contributed by atoms with Crippen LogP contribution in [0, 0.1) is 5.82 Å². The van der Waals surface area contributed by atoms with Crippen molar-refractivity contribution >= 4 is 17.4 Å². The van der Waals surface area contributed by atoms with Gasteiger partial charge in [0.25, 0.3) is 0 Å². The van der Waals surface area contributed by atoms with Crippen molar-refractivity contribution in [2.24, 2.45) is 5.73 Å². The maximum absolute atomic E-state index is 12.8. The van der Waals surface area contributed by atoms with Crippen molar-refractivity contribution in [3.8, 4) is 0 Å². The van der Waals surface area contributed by atoms with E-state index in [-0.39, 0.29) is 16.6 Å². The molecule has 1 aliphatic rings. The lowest BCUT2D eigenvalue weighted by Gasteiger charge is -2.46. The van der Waals surface area contributed by atoms with E-state index in [1.54, 1.807) is 12.1 Å². The lowest BCUT2D eigenvalue weighted by atomic mass is 9.78. The predicted molar refractivity (Wildman–Crippen MR) is 73.0 cm³/mol. The SMILES string of the molecule is CSC1(C(CN)Nc2ccc(F)cc2)CCC1. The molecule has 1 fully saturated rings. The number of nitrogens with two attached hydrogens (primary N) is 1. The van der Waals surface area contributed by atoms with E-state index in [1.165, 1.54) is 31.4 Å². The van der Waals surface area contributed by atoms with Gasteiger partial charge < -0.3 is 11.1 Å². The predicted octanol–water partition coefficient (Wildman–Crippen LogP) is 2.85. The third kappa shape index (κ3) is 2.58. The molecule has 2 rings (SSSR count). The van der Waals surface area contributed by atoms with Gasteiger partial charge in [0.15, 0.2) is 0 Å². The standard InChI is InChI=1S/C13H19FN2S/c1-17-13(7-2-8-13)12(9-15)16-11-5-3-10(14)4-6-11/h3-6,12,16H,2,7-9,15H2,1H3. The Kier molecular flexibility index (Phi) is 3.94. The Balaban J connectivity index is 2.07. The minimum Gasteiger partial charge on any atom is -0.380 e. The molecule has 0 saturated heterocycles. The van der Waals surface area contributed by atoms with Gasteiger partial charge in [0, 0.05) is 17.0 Å². The van der Waals surface area contributed by atoms with E-state index in [1.807, 2.05) is 11.8 Å². The van der Waals surface area contributed by atoms with Gasteiger partial charge in [-0.05, 0) is 43.4 Å². The molecule has 2 nitrogen and oxygen atoms in total. The van der Waals surface area contributed by atoms with Gasteiger partial charge in [0.2, 0.25) is 0 Å². The van der Waals surface area contributed by atoms with Crippen LogP contribution >= 0.6 is 11.8 Å². The van der Waals surface area contributed by atoms with Crippen molar-refractivity contribution in [2.45, 2.75) is 30.1 Å². The molecule has 3 N–H and O–H groups in total. The molecule has 1 atom stereocenters. The fraction of sp³-hybridized carbons (Fsp3) is 0.538. The normalized spacial score (nSPS) is 19.5. The smallest absolute Gasteiger partial charge is 0.123 e. The first kappa shape index (κ1) is 12.7. The average Bonchev–Trinajstić information content (AvgIpc) is 2.29. The Morgan fingerprint density at radius 2 is 2.06 bits per heavy atom. The maximum atomic E-state index is 12.8. The van der Waals surface area contributed by atoms with E-state index in [2.05, 4.69) is 11.6 Å². The van der Waals surface area contributed by atoms with Crippen molar-refractivity contribution in [2.75, 3.05) is 18.1 Å². The summed E-state index contributed by atoms with van der Waals surface area (Å²) in [5.74, 6) is -0.205. The molecular weight excluding hydrogens is 235 g/mol. The van der Waals surface area contributed by atoms with Crippen molar-refractivity contribution in [3.63, 3.8) is 0 Å². The Bertz CT molecular complexity index is 357. The van der Waals surface area contributed by atoms with Crippen LogP contribution in [0.4, 0.5) is 10.1 Å². The van der Waals surface area contributed by atoms with Crippen LogP contribution in [0.1, 0.15) is 19.3 Å². The number of nitrogens with one attached hydrogen (secondary N) is 1. The second-order valence-electron chi connectivity index (χ2n) is 4.56. The zero-order chi connectivity index (χ0) is 12.3. The lowest BCUT2D eigenvalue weighted by Crippen LogP contribution is -2.52. The molecule has 1 aromatic rings. The van der Waals surface area contributed by atoms with E-state index >= 15 is 0 Å². The van der Waals surface area contributed by atoms with Crippen LogP contribution < -0.4 is 11.1 Å². The molecule has 1 saturated carbocycles. The first-order valence-electron chi connectivity index (χ1n) is 5.97. The fourth-order valence-corrected chi connectivity index (χ4v) is 3.51. The summed E-state index contributed by atoms with van der Waals surface area (Å²) in [7, 11) is 0. The monoisotopic (exact) mass is 254 g/mol. The second-order valence-corrected chi connectivity index (χ2v) is 5.78. The maximum Gasteiger partial charge on any atom is 0.123 e. The number of rotatable bonds is 5. The van der Waals surface area contributed by atoms with Gasteiger partial charge in [-0.15, -0.1) is 0 Å². The topological polar surface area (TPSA) is 38.0 Å². The van der Waals surface area contributed by atoms with Gasteiger partial charge in [0.05, 0.1) is 6.04 Å². The second kappa shape index (κ2) is 5.27. The number of thioether (sulfide) groups is 1. The number of anilines is 1. The molecule has 94 valence electrons. The third-order valence-electron chi connectivity index (χ3n) is 3.66. The average molecular weight is 254 g/mol. The van der Waals surface area contributed by atoms with E-state index in [0.29, 0.717) is 6.54 Å². The molecule has 0 amide bonds. The van der Waals surface area contributed by atoms with Crippen molar-refractivity contribution < 1.29 is 4.39 Å². The van der Waals surface area contributed by atoms with Crippen LogP contribution in [0.5, 0.6) is 0 Å². The Labute approximate surface area is 106 Å². The lowest BCUT2D eigenvalue weighted by molar-refractivity contribution is 0.323. The van der Waals surface area contributed by atoms with Crippen molar-refractivity contribution in [1.29, 1.82) is 0 Å². The molecule has 0 aliphatic heterocycles.